The average Bonchev–Trinajstić information content (AvgIpc) is 2.68. The first-order valence-electron chi connectivity index (χ1n) is 13.6. The van der Waals surface area contributed by atoms with Crippen molar-refractivity contribution < 1.29 is 5.11 Å². The average molecular weight is 427 g/mol. The van der Waals surface area contributed by atoms with Gasteiger partial charge in [-0.05, 0) is 115 Å². The van der Waals surface area contributed by atoms with Crippen LogP contribution in [-0.4, -0.2) is 11.2 Å². The minimum absolute atomic E-state index is 0.0473. The molecule has 176 valence electrons. The van der Waals surface area contributed by atoms with Crippen LogP contribution in [0.3, 0.4) is 0 Å². The third-order valence-electron chi connectivity index (χ3n) is 13.0. The highest BCUT2D eigenvalue weighted by atomic mass is 16.3. The predicted octanol–water partition coefficient (Wildman–Crippen LogP) is 8.31. The van der Waals surface area contributed by atoms with E-state index in [1.54, 1.807) is 0 Å². The van der Waals surface area contributed by atoms with Gasteiger partial charge in [0.2, 0.25) is 0 Å². The maximum atomic E-state index is 10.9. The Balaban J connectivity index is 1.59. The third-order valence-corrected chi connectivity index (χ3v) is 13.0. The molecule has 5 aliphatic carbocycles. The van der Waals surface area contributed by atoms with Crippen molar-refractivity contribution in [3.8, 4) is 0 Å². The molecule has 3 fully saturated rings. The number of fused-ring (bicyclic) bond motifs is 6. The van der Waals surface area contributed by atoms with E-state index in [1.807, 2.05) is 11.1 Å². The Morgan fingerprint density at radius 1 is 0.677 bits per heavy atom. The summed E-state index contributed by atoms with van der Waals surface area (Å²) >= 11 is 0. The molecule has 1 nitrogen and oxygen atoms in total. The van der Waals surface area contributed by atoms with Crippen molar-refractivity contribution in [2.24, 2.45) is 44.3 Å². The van der Waals surface area contributed by atoms with Gasteiger partial charge in [0, 0.05) is 0 Å². The third kappa shape index (κ3) is 2.77. The van der Waals surface area contributed by atoms with Crippen molar-refractivity contribution in [3.05, 3.63) is 11.1 Å². The lowest BCUT2D eigenvalue weighted by Crippen LogP contribution is -2.61. The van der Waals surface area contributed by atoms with E-state index in [0.29, 0.717) is 33.0 Å². The summed E-state index contributed by atoms with van der Waals surface area (Å²) in [5.74, 6) is 1.50. The summed E-state index contributed by atoms with van der Waals surface area (Å²) in [6.45, 7) is 20.5. The molecule has 0 aromatic heterocycles. The quantitative estimate of drug-likeness (QED) is 0.386. The van der Waals surface area contributed by atoms with E-state index in [2.05, 4.69) is 55.4 Å². The summed E-state index contributed by atoms with van der Waals surface area (Å²) in [5, 5.41) is 10.9. The van der Waals surface area contributed by atoms with Crippen LogP contribution in [0, 0.1) is 44.3 Å². The van der Waals surface area contributed by atoms with Gasteiger partial charge >= 0.3 is 0 Å². The lowest BCUT2D eigenvalue weighted by atomic mass is 9.35. The minimum Gasteiger partial charge on any atom is -0.393 e. The predicted molar refractivity (Wildman–Crippen MR) is 131 cm³/mol. The topological polar surface area (TPSA) is 20.2 Å². The summed E-state index contributed by atoms with van der Waals surface area (Å²) in [6.07, 6.45) is 14.5. The first-order valence-corrected chi connectivity index (χ1v) is 13.6. The van der Waals surface area contributed by atoms with Crippen LogP contribution in [-0.2, 0) is 0 Å². The molecule has 0 unspecified atom stereocenters. The van der Waals surface area contributed by atoms with Crippen molar-refractivity contribution in [2.45, 2.75) is 132 Å². The zero-order chi connectivity index (χ0) is 22.7. The second-order valence-corrected chi connectivity index (χ2v) is 15.2. The monoisotopic (exact) mass is 426 g/mol. The van der Waals surface area contributed by atoms with Gasteiger partial charge in [0.05, 0.1) is 6.10 Å². The van der Waals surface area contributed by atoms with Crippen molar-refractivity contribution in [1.82, 2.24) is 0 Å². The first kappa shape index (κ1) is 22.5. The smallest absolute Gasteiger partial charge is 0.0594 e. The Morgan fingerprint density at radius 2 is 1.35 bits per heavy atom. The first-order chi connectivity index (χ1) is 14.2. The van der Waals surface area contributed by atoms with E-state index in [1.165, 1.54) is 64.2 Å². The largest absolute Gasteiger partial charge is 0.393 e. The van der Waals surface area contributed by atoms with Crippen LogP contribution in [0.15, 0.2) is 11.1 Å². The number of hydrogen-bond donors (Lipinski definition) is 1. The molecule has 0 saturated heterocycles. The van der Waals surface area contributed by atoms with Gasteiger partial charge in [0.15, 0.2) is 0 Å². The SMILES string of the molecule is CC1(C)CC[C@]2(C)CC[C@]3(C)C4=C(CC[C@@]3(C)[C@@H]2C1)[C@@]1(C)CC[C@H](O)C(C)(C)[C@H]1CC4. The van der Waals surface area contributed by atoms with Crippen molar-refractivity contribution >= 4 is 0 Å². The number of rotatable bonds is 0. The van der Waals surface area contributed by atoms with Gasteiger partial charge in [-0.3, -0.25) is 0 Å². The van der Waals surface area contributed by atoms with Gasteiger partial charge < -0.3 is 5.11 Å². The molecule has 1 heteroatoms. The van der Waals surface area contributed by atoms with E-state index in [-0.39, 0.29) is 11.5 Å². The summed E-state index contributed by atoms with van der Waals surface area (Å²) in [5.41, 5.74) is 6.02. The van der Waals surface area contributed by atoms with Crippen molar-refractivity contribution in [3.63, 3.8) is 0 Å². The molecule has 0 bridgehead atoms. The van der Waals surface area contributed by atoms with Crippen LogP contribution in [0.4, 0.5) is 0 Å². The molecular weight excluding hydrogens is 376 g/mol. The molecule has 0 amide bonds. The summed E-state index contributed by atoms with van der Waals surface area (Å²) < 4.78 is 0. The van der Waals surface area contributed by atoms with Crippen LogP contribution in [0.5, 0.6) is 0 Å². The number of allylic oxidation sites excluding steroid dienone is 2. The number of aliphatic hydroxyl groups excluding tert-OH is 1. The van der Waals surface area contributed by atoms with Gasteiger partial charge in [0.1, 0.15) is 0 Å². The van der Waals surface area contributed by atoms with E-state index in [4.69, 9.17) is 0 Å². The molecule has 0 spiro atoms. The van der Waals surface area contributed by atoms with Gasteiger partial charge in [0.25, 0.3) is 0 Å². The molecular formula is C30H50O. The zero-order valence-corrected chi connectivity index (χ0v) is 22.0. The van der Waals surface area contributed by atoms with Crippen LogP contribution in [0.25, 0.3) is 0 Å². The molecule has 0 heterocycles. The van der Waals surface area contributed by atoms with Crippen LogP contribution >= 0.6 is 0 Å². The highest BCUT2D eigenvalue weighted by Crippen LogP contribution is 2.75. The van der Waals surface area contributed by atoms with E-state index in [9.17, 15) is 5.11 Å². The fourth-order valence-corrected chi connectivity index (χ4v) is 10.4. The van der Waals surface area contributed by atoms with Crippen molar-refractivity contribution in [2.75, 3.05) is 0 Å². The zero-order valence-electron chi connectivity index (χ0n) is 22.0. The Kier molecular flexibility index (Phi) is 4.66. The normalized spacial score (nSPS) is 53.1. The van der Waals surface area contributed by atoms with E-state index in [0.717, 1.165) is 12.3 Å². The van der Waals surface area contributed by atoms with E-state index >= 15 is 0 Å². The highest BCUT2D eigenvalue weighted by Gasteiger charge is 2.65. The molecule has 0 radical (unpaired) electrons. The Labute approximate surface area is 192 Å². The molecule has 31 heavy (non-hydrogen) atoms. The number of aliphatic hydroxyl groups is 1. The summed E-state index contributed by atoms with van der Waals surface area (Å²) in [6, 6.07) is 0. The van der Waals surface area contributed by atoms with Gasteiger partial charge in [-0.1, -0.05) is 66.5 Å². The molecule has 5 rings (SSSR count). The standard InChI is InChI=1S/C30H50O/c1-25(2)15-16-27(5)17-18-29(7)21-9-10-22-26(3,4)24(31)12-13-28(22,6)20(21)11-14-30(29,8)23(27)19-25/h22-24,31H,9-19H2,1-8H3/t22-,23-,24+,27-,28-,29-,30+/m1/s1. The maximum absolute atomic E-state index is 10.9. The lowest BCUT2D eigenvalue weighted by Gasteiger charge is -2.69. The Hall–Kier alpha value is -0.300. The Morgan fingerprint density at radius 3 is 2.06 bits per heavy atom. The fourth-order valence-electron chi connectivity index (χ4n) is 10.4. The summed E-state index contributed by atoms with van der Waals surface area (Å²) in [4.78, 5) is 0. The maximum Gasteiger partial charge on any atom is 0.0594 e. The van der Waals surface area contributed by atoms with Gasteiger partial charge in [-0.15, -0.1) is 0 Å². The Bertz CT molecular complexity index is 803. The van der Waals surface area contributed by atoms with Crippen LogP contribution in [0.2, 0.25) is 0 Å². The lowest BCUT2D eigenvalue weighted by molar-refractivity contribution is -0.154. The molecule has 0 aliphatic heterocycles. The molecule has 0 aromatic rings. The second-order valence-electron chi connectivity index (χ2n) is 15.2. The van der Waals surface area contributed by atoms with Gasteiger partial charge in [-0.25, -0.2) is 0 Å². The molecule has 7 atom stereocenters. The molecule has 1 N–H and O–H groups in total. The molecule has 5 aliphatic rings. The fraction of sp³-hybridized carbons (Fsp3) is 0.933. The minimum atomic E-state index is -0.128. The van der Waals surface area contributed by atoms with Gasteiger partial charge in [-0.2, -0.15) is 0 Å². The van der Waals surface area contributed by atoms with Crippen LogP contribution < -0.4 is 0 Å². The number of hydrogen-bond acceptors (Lipinski definition) is 1. The highest BCUT2D eigenvalue weighted by molar-refractivity contribution is 5.38. The van der Waals surface area contributed by atoms with Crippen molar-refractivity contribution in [1.29, 1.82) is 0 Å². The molecule has 0 aromatic carbocycles. The summed E-state index contributed by atoms with van der Waals surface area (Å²) in [7, 11) is 0. The second kappa shape index (κ2) is 6.43. The molecule has 3 saturated carbocycles. The van der Waals surface area contributed by atoms with Crippen LogP contribution in [0.1, 0.15) is 126 Å². The van der Waals surface area contributed by atoms with E-state index < -0.39 is 0 Å².